The molecule has 0 fully saturated rings. The van der Waals surface area contributed by atoms with Gasteiger partial charge < -0.3 is 15.2 Å². The number of aryl methyl sites for hydroxylation is 1. The third-order valence-electron chi connectivity index (χ3n) is 4.92. The Morgan fingerprint density at radius 1 is 1.15 bits per heavy atom. The van der Waals surface area contributed by atoms with Gasteiger partial charge in [-0.15, -0.1) is 10.2 Å². The zero-order valence-electron chi connectivity index (χ0n) is 17.3. The Balaban J connectivity index is 1.21. The van der Waals surface area contributed by atoms with Gasteiger partial charge in [-0.05, 0) is 12.1 Å². The number of nitrogens with zero attached hydrogens (tertiary/aromatic N) is 5. The Morgan fingerprint density at radius 3 is 2.76 bits per heavy atom. The van der Waals surface area contributed by atoms with Gasteiger partial charge >= 0.3 is 0 Å². The summed E-state index contributed by atoms with van der Waals surface area (Å²) in [7, 11) is 0. The Morgan fingerprint density at radius 2 is 1.97 bits per heavy atom. The molecule has 33 heavy (non-hydrogen) atoms. The molecule has 0 saturated heterocycles. The van der Waals surface area contributed by atoms with Crippen molar-refractivity contribution in [3.8, 4) is 11.4 Å². The summed E-state index contributed by atoms with van der Waals surface area (Å²) in [6.07, 6.45) is 7.61. The zero-order valence-corrected chi connectivity index (χ0v) is 17.3. The van der Waals surface area contributed by atoms with Crippen LogP contribution in [0.15, 0.2) is 74.7 Å². The van der Waals surface area contributed by atoms with Crippen LogP contribution in [-0.2, 0) is 16.0 Å². The Labute approximate surface area is 187 Å². The summed E-state index contributed by atoms with van der Waals surface area (Å²) < 4.78 is 5.16. The summed E-state index contributed by atoms with van der Waals surface area (Å²) in [6, 6.07) is 5.79. The molecule has 12 heteroatoms. The standard InChI is InChI=1S/C21H19N7O5/c29-17(22-11-12-23-20-15-3-1-2-4-16(15)21(30)26-25-20)9-10-18-24-19(27-33-18)13-5-7-14(8-6-13)28(31)32/h1-8,16,23H,9-12H2,(H,22,29). The molecule has 2 aromatic rings. The lowest BCUT2D eigenvalue weighted by Crippen LogP contribution is -2.33. The first-order chi connectivity index (χ1) is 16.0. The van der Waals surface area contributed by atoms with E-state index < -0.39 is 10.8 Å². The number of allylic oxidation sites excluding steroid dienone is 3. The average molecular weight is 449 g/mol. The van der Waals surface area contributed by atoms with Gasteiger partial charge in [0.05, 0.1) is 10.8 Å². The van der Waals surface area contributed by atoms with Crippen molar-refractivity contribution >= 4 is 17.5 Å². The number of azo groups is 1. The second-order valence-electron chi connectivity index (χ2n) is 7.16. The van der Waals surface area contributed by atoms with Gasteiger partial charge in [-0.25, -0.2) is 0 Å². The maximum atomic E-state index is 12.1. The number of aromatic nitrogens is 2. The topological polar surface area (TPSA) is 165 Å². The number of nitrogens with one attached hydrogen (secondary N) is 2. The van der Waals surface area contributed by atoms with E-state index in [1.165, 1.54) is 24.3 Å². The molecular weight excluding hydrogens is 430 g/mol. The van der Waals surface area contributed by atoms with Crippen LogP contribution in [0.1, 0.15) is 12.3 Å². The van der Waals surface area contributed by atoms with Crippen LogP contribution in [0.5, 0.6) is 0 Å². The van der Waals surface area contributed by atoms with Crippen LogP contribution in [0.2, 0.25) is 0 Å². The predicted octanol–water partition coefficient (Wildman–Crippen LogP) is 2.23. The summed E-state index contributed by atoms with van der Waals surface area (Å²) in [4.78, 5) is 38.4. The maximum absolute atomic E-state index is 12.1. The minimum atomic E-state index is -0.488. The molecule has 1 aromatic heterocycles. The number of hydrogen-bond donors (Lipinski definition) is 2. The largest absolute Gasteiger partial charge is 0.367 e. The van der Waals surface area contributed by atoms with Gasteiger partial charge in [0.15, 0.2) is 5.82 Å². The van der Waals surface area contributed by atoms with Crippen LogP contribution in [0.4, 0.5) is 5.69 Å². The number of hydrogen-bond acceptors (Lipinski definition) is 9. The van der Waals surface area contributed by atoms with Crippen LogP contribution in [0, 0.1) is 16.0 Å². The summed E-state index contributed by atoms with van der Waals surface area (Å²) >= 11 is 0. The van der Waals surface area contributed by atoms with Crippen molar-refractivity contribution in [2.75, 3.05) is 13.1 Å². The molecule has 2 aliphatic rings. The van der Waals surface area contributed by atoms with E-state index in [-0.39, 0.29) is 30.3 Å². The van der Waals surface area contributed by atoms with Crippen molar-refractivity contribution in [1.29, 1.82) is 0 Å². The van der Waals surface area contributed by atoms with Gasteiger partial charge in [0, 0.05) is 49.2 Å². The minimum Gasteiger partial charge on any atom is -0.367 e. The number of carbonyl (C=O) groups is 2. The summed E-state index contributed by atoms with van der Waals surface area (Å²) in [5.41, 5.74) is 1.30. The van der Waals surface area contributed by atoms with Gasteiger partial charge in [-0.3, -0.25) is 19.7 Å². The highest BCUT2D eigenvalue weighted by atomic mass is 16.6. The Kier molecular flexibility index (Phi) is 6.43. The molecule has 0 radical (unpaired) electrons. The molecule has 0 saturated carbocycles. The first kappa shape index (κ1) is 21.7. The number of amides is 2. The molecule has 2 amide bonds. The van der Waals surface area contributed by atoms with Crippen LogP contribution < -0.4 is 10.6 Å². The highest BCUT2D eigenvalue weighted by molar-refractivity contribution is 5.86. The number of benzene rings is 1. The van der Waals surface area contributed by atoms with Crippen molar-refractivity contribution in [3.05, 3.63) is 76.0 Å². The molecular formula is C21H19N7O5. The van der Waals surface area contributed by atoms with E-state index in [1.54, 1.807) is 12.2 Å². The lowest BCUT2D eigenvalue weighted by Gasteiger charge is -2.20. The molecule has 1 aliphatic heterocycles. The lowest BCUT2D eigenvalue weighted by molar-refractivity contribution is -0.384. The molecule has 0 spiro atoms. The average Bonchev–Trinajstić information content (AvgIpc) is 3.31. The van der Waals surface area contributed by atoms with Gasteiger partial charge in [0.2, 0.25) is 17.6 Å². The fourth-order valence-corrected chi connectivity index (χ4v) is 3.24. The first-order valence-corrected chi connectivity index (χ1v) is 10.1. The quantitative estimate of drug-likeness (QED) is 0.334. The van der Waals surface area contributed by atoms with Gasteiger partial charge in [0.1, 0.15) is 0 Å². The fraction of sp³-hybridized carbons (Fsp3) is 0.238. The minimum absolute atomic E-state index is 0.0301. The summed E-state index contributed by atoms with van der Waals surface area (Å²) in [5, 5.41) is 28.0. The van der Waals surface area contributed by atoms with Crippen LogP contribution in [0.25, 0.3) is 11.4 Å². The SMILES string of the molecule is O=C(CCc1nc(-c2ccc([N+](=O)[O-])cc2)no1)NCCNC1=C2C=CC=CC2C(=O)N=N1. The molecule has 1 atom stereocenters. The second kappa shape index (κ2) is 9.77. The number of non-ortho nitro benzene ring substituents is 1. The number of fused-ring (bicyclic) bond motifs is 1. The van der Waals surface area contributed by atoms with E-state index in [0.717, 1.165) is 5.57 Å². The molecule has 12 nitrogen and oxygen atoms in total. The first-order valence-electron chi connectivity index (χ1n) is 10.1. The van der Waals surface area contributed by atoms with Crippen molar-refractivity contribution in [2.45, 2.75) is 12.8 Å². The number of rotatable bonds is 9. The van der Waals surface area contributed by atoms with E-state index in [0.29, 0.717) is 36.2 Å². The van der Waals surface area contributed by atoms with Crippen LogP contribution in [-0.4, -0.2) is 40.0 Å². The van der Waals surface area contributed by atoms with Crippen molar-refractivity contribution < 1.29 is 19.0 Å². The number of nitro groups is 1. The highest BCUT2D eigenvalue weighted by Gasteiger charge is 2.27. The molecule has 1 aromatic carbocycles. The normalized spacial score (nSPS) is 16.6. The predicted molar refractivity (Wildman–Crippen MR) is 114 cm³/mol. The fourth-order valence-electron chi connectivity index (χ4n) is 3.24. The molecule has 2 heterocycles. The van der Waals surface area contributed by atoms with Crippen LogP contribution >= 0.6 is 0 Å². The van der Waals surface area contributed by atoms with Crippen molar-refractivity contribution in [3.63, 3.8) is 0 Å². The number of carbonyl (C=O) groups excluding carboxylic acids is 2. The van der Waals surface area contributed by atoms with E-state index in [9.17, 15) is 19.7 Å². The molecule has 1 unspecified atom stereocenters. The van der Waals surface area contributed by atoms with E-state index in [4.69, 9.17) is 4.52 Å². The van der Waals surface area contributed by atoms with Gasteiger partial charge in [0.25, 0.3) is 11.6 Å². The highest BCUT2D eigenvalue weighted by Crippen LogP contribution is 2.27. The van der Waals surface area contributed by atoms with Crippen molar-refractivity contribution in [2.24, 2.45) is 16.1 Å². The Hall–Kier alpha value is -4.48. The molecule has 4 rings (SSSR count). The smallest absolute Gasteiger partial charge is 0.276 e. The third-order valence-corrected chi connectivity index (χ3v) is 4.92. The molecule has 2 N–H and O–H groups in total. The van der Waals surface area contributed by atoms with Gasteiger partial charge in [-0.2, -0.15) is 4.98 Å². The van der Waals surface area contributed by atoms with E-state index in [1.807, 2.05) is 12.2 Å². The van der Waals surface area contributed by atoms with E-state index >= 15 is 0 Å². The monoisotopic (exact) mass is 449 g/mol. The summed E-state index contributed by atoms with van der Waals surface area (Å²) in [6.45, 7) is 0.758. The zero-order chi connectivity index (χ0) is 23.2. The molecule has 168 valence electrons. The molecule has 0 bridgehead atoms. The third kappa shape index (κ3) is 5.23. The lowest BCUT2D eigenvalue weighted by atomic mass is 9.93. The van der Waals surface area contributed by atoms with Gasteiger partial charge in [-0.1, -0.05) is 29.5 Å². The second-order valence-corrected chi connectivity index (χ2v) is 7.16. The maximum Gasteiger partial charge on any atom is 0.276 e. The number of nitro benzene ring substituents is 1. The molecule has 1 aliphatic carbocycles. The Bertz CT molecular complexity index is 1190. The van der Waals surface area contributed by atoms with E-state index in [2.05, 4.69) is 31.0 Å². The summed E-state index contributed by atoms with van der Waals surface area (Å²) in [5.74, 6) is 0.183. The van der Waals surface area contributed by atoms with Crippen molar-refractivity contribution in [1.82, 2.24) is 20.8 Å². The van der Waals surface area contributed by atoms with Crippen LogP contribution in [0.3, 0.4) is 0 Å².